The average molecular weight is 325 g/mol. The largest absolute Gasteiger partial charge is 0.370 e. The van der Waals surface area contributed by atoms with Crippen LogP contribution in [-0.4, -0.2) is 7.05 Å². The highest BCUT2D eigenvalue weighted by Crippen LogP contribution is 2.27. The lowest BCUT2D eigenvalue weighted by atomic mass is 10.1. The molecule has 94 valence electrons. The van der Waals surface area contributed by atoms with Crippen LogP contribution in [0.5, 0.6) is 0 Å². The summed E-state index contributed by atoms with van der Waals surface area (Å²) in [6, 6.07) is 16.4. The fourth-order valence-electron chi connectivity index (χ4n) is 1.95. The maximum atomic E-state index is 6.08. The molecule has 0 amide bonds. The van der Waals surface area contributed by atoms with Crippen LogP contribution in [0.15, 0.2) is 48.5 Å². The first-order chi connectivity index (χ1) is 8.70. The zero-order valence-electron chi connectivity index (χ0n) is 10.2. The van der Waals surface area contributed by atoms with Gasteiger partial charge in [0.2, 0.25) is 0 Å². The van der Waals surface area contributed by atoms with E-state index in [-0.39, 0.29) is 0 Å². The van der Waals surface area contributed by atoms with Crippen LogP contribution in [0.2, 0.25) is 5.02 Å². The zero-order valence-corrected chi connectivity index (χ0v) is 12.6. The van der Waals surface area contributed by atoms with Crippen molar-refractivity contribution < 1.29 is 0 Å². The Balaban J connectivity index is 2.23. The van der Waals surface area contributed by atoms with Crippen LogP contribution >= 0.6 is 27.5 Å². The maximum absolute atomic E-state index is 6.08. The van der Waals surface area contributed by atoms with Gasteiger partial charge in [-0.2, -0.15) is 0 Å². The third kappa shape index (κ3) is 3.27. The van der Waals surface area contributed by atoms with Gasteiger partial charge in [0.05, 0.1) is 0 Å². The van der Waals surface area contributed by atoms with Gasteiger partial charge in [-0.15, -0.1) is 0 Å². The fourth-order valence-corrected chi connectivity index (χ4v) is 2.59. The number of benzene rings is 2. The molecular weight excluding hydrogens is 310 g/mol. The smallest absolute Gasteiger partial charge is 0.0426 e. The van der Waals surface area contributed by atoms with Gasteiger partial charge in [0.15, 0.2) is 0 Å². The number of alkyl halides is 1. The number of rotatable bonds is 4. The molecule has 2 aromatic rings. The van der Waals surface area contributed by atoms with E-state index in [0.29, 0.717) is 0 Å². The molecule has 0 N–H and O–H groups in total. The molecule has 0 aromatic heterocycles. The Bertz CT molecular complexity index is 513. The van der Waals surface area contributed by atoms with Crippen LogP contribution in [-0.2, 0) is 11.9 Å². The monoisotopic (exact) mass is 323 g/mol. The molecule has 0 spiro atoms. The van der Waals surface area contributed by atoms with Gasteiger partial charge in [-0.05, 0) is 23.3 Å². The molecule has 0 saturated heterocycles. The molecule has 0 aliphatic carbocycles. The normalized spacial score (nSPS) is 10.4. The van der Waals surface area contributed by atoms with Crippen molar-refractivity contribution in [1.29, 1.82) is 0 Å². The third-order valence-electron chi connectivity index (χ3n) is 2.87. The van der Waals surface area contributed by atoms with Crippen LogP contribution in [0, 0.1) is 0 Å². The molecule has 2 aromatic carbocycles. The van der Waals surface area contributed by atoms with E-state index >= 15 is 0 Å². The van der Waals surface area contributed by atoms with Crippen molar-refractivity contribution in [2.45, 2.75) is 11.9 Å². The summed E-state index contributed by atoms with van der Waals surface area (Å²) in [5, 5.41) is 1.60. The predicted octanol–water partition coefficient (Wildman–Crippen LogP) is 4.87. The molecule has 18 heavy (non-hydrogen) atoms. The molecule has 0 radical (unpaired) electrons. The second-order valence-electron chi connectivity index (χ2n) is 4.25. The summed E-state index contributed by atoms with van der Waals surface area (Å²) < 4.78 is 0. The van der Waals surface area contributed by atoms with Crippen LogP contribution in [0.4, 0.5) is 5.69 Å². The molecule has 0 unspecified atom stereocenters. The molecular formula is C15H15BrClN. The molecule has 0 aliphatic rings. The lowest BCUT2D eigenvalue weighted by Crippen LogP contribution is -2.17. The SMILES string of the molecule is CN(Cc1ccccc1)c1cc(Cl)ccc1CBr. The van der Waals surface area contributed by atoms with E-state index in [9.17, 15) is 0 Å². The molecule has 2 rings (SSSR count). The average Bonchev–Trinajstić information content (AvgIpc) is 2.40. The molecule has 0 aliphatic heterocycles. The first kappa shape index (κ1) is 13.4. The van der Waals surface area contributed by atoms with Gasteiger partial charge in [0.1, 0.15) is 0 Å². The van der Waals surface area contributed by atoms with Crippen molar-refractivity contribution >= 4 is 33.2 Å². The Morgan fingerprint density at radius 3 is 2.50 bits per heavy atom. The quantitative estimate of drug-likeness (QED) is 0.725. The zero-order chi connectivity index (χ0) is 13.0. The summed E-state index contributed by atoms with van der Waals surface area (Å²) >= 11 is 9.60. The molecule has 3 heteroatoms. The van der Waals surface area contributed by atoms with Gasteiger partial charge in [0, 0.05) is 29.6 Å². The van der Waals surface area contributed by atoms with Crippen LogP contribution in [0.1, 0.15) is 11.1 Å². The van der Waals surface area contributed by atoms with Gasteiger partial charge in [-0.1, -0.05) is 63.9 Å². The minimum atomic E-state index is 0.773. The molecule has 0 bridgehead atoms. The highest BCUT2D eigenvalue weighted by Gasteiger charge is 2.08. The van der Waals surface area contributed by atoms with E-state index in [1.54, 1.807) is 0 Å². The second kappa shape index (κ2) is 6.26. The number of hydrogen-bond donors (Lipinski definition) is 0. The van der Waals surface area contributed by atoms with E-state index in [4.69, 9.17) is 11.6 Å². The lowest BCUT2D eigenvalue weighted by Gasteiger charge is -2.22. The fraction of sp³-hybridized carbons (Fsp3) is 0.200. The Hall–Kier alpha value is -0.990. The first-order valence-corrected chi connectivity index (χ1v) is 7.30. The van der Waals surface area contributed by atoms with Gasteiger partial charge >= 0.3 is 0 Å². The Morgan fingerprint density at radius 2 is 1.83 bits per heavy atom. The van der Waals surface area contributed by atoms with Crippen LogP contribution in [0.25, 0.3) is 0 Å². The van der Waals surface area contributed by atoms with Gasteiger partial charge < -0.3 is 4.90 Å². The van der Waals surface area contributed by atoms with E-state index in [2.05, 4.69) is 58.2 Å². The molecule has 0 heterocycles. The Kier molecular flexibility index (Phi) is 4.67. The van der Waals surface area contributed by atoms with E-state index in [1.165, 1.54) is 16.8 Å². The summed E-state index contributed by atoms with van der Waals surface area (Å²) in [5.41, 5.74) is 3.71. The number of nitrogens with zero attached hydrogens (tertiary/aromatic N) is 1. The summed E-state index contributed by atoms with van der Waals surface area (Å²) in [7, 11) is 2.09. The van der Waals surface area contributed by atoms with Gasteiger partial charge in [-0.25, -0.2) is 0 Å². The van der Waals surface area contributed by atoms with Gasteiger partial charge in [-0.3, -0.25) is 0 Å². The van der Waals surface area contributed by atoms with E-state index in [1.807, 2.05) is 18.2 Å². The number of hydrogen-bond acceptors (Lipinski definition) is 1. The number of anilines is 1. The van der Waals surface area contributed by atoms with Crippen molar-refractivity contribution in [1.82, 2.24) is 0 Å². The maximum Gasteiger partial charge on any atom is 0.0426 e. The minimum Gasteiger partial charge on any atom is -0.370 e. The molecule has 0 fully saturated rings. The van der Waals surface area contributed by atoms with Gasteiger partial charge in [0.25, 0.3) is 0 Å². The van der Waals surface area contributed by atoms with Crippen molar-refractivity contribution in [2.24, 2.45) is 0 Å². The summed E-state index contributed by atoms with van der Waals surface area (Å²) in [6.07, 6.45) is 0. The van der Waals surface area contributed by atoms with E-state index in [0.717, 1.165) is 16.9 Å². The van der Waals surface area contributed by atoms with Crippen LogP contribution < -0.4 is 4.90 Å². The van der Waals surface area contributed by atoms with Crippen molar-refractivity contribution in [2.75, 3.05) is 11.9 Å². The highest BCUT2D eigenvalue weighted by atomic mass is 79.9. The summed E-state index contributed by atoms with van der Waals surface area (Å²) in [5.74, 6) is 0. The highest BCUT2D eigenvalue weighted by molar-refractivity contribution is 9.08. The minimum absolute atomic E-state index is 0.773. The predicted molar refractivity (Wildman–Crippen MR) is 82.6 cm³/mol. The topological polar surface area (TPSA) is 3.24 Å². The molecule has 0 atom stereocenters. The Morgan fingerprint density at radius 1 is 1.11 bits per heavy atom. The molecule has 1 nitrogen and oxygen atoms in total. The van der Waals surface area contributed by atoms with Crippen molar-refractivity contribution in [3.05, 3.63) is 64.7 Å². The number of halogens is 2. The van der Waals surface area contributed by atoms with Crippen molar-refractivity contribution in [3.63, 3.8) is 0 Å². The first-order valence-electron chi connectivity index (χ1n) is 5.80. The summed E-state index contributed by atoms with van der Waals surface area (Å²) in [4.78, 5) is 2.22. The second-order valence-corrected chi connectivity index (χ2v) is 5.25. The van der Waals surface area contributed by atoms with Crippen LogP contribution in [0.3, 0.4) is 0 Å². The third-order valence-corrected chi connectivity index (χ3v) is 3.70. The standard InChI is InChI=1S/C15H15BrClN/c1-18(11-12-5-3-2-4-6-12)15-9-14(17)8-7-13(15)10-16/h2-9H,10-11H2,1H3. The summed E-state index contributed by atoms with van der Waals surface area (Å²) in [6.45, 7) is 0.876. The van der Waals surface area contributed by atoms with Crippen molar-refractivity contribution in [3.8, 4) is 0 Å². The van der Waals surface area contributed by atoms with E-state index < -0.39 is 0 Å². The molecule has 0 saturated carbocycles. The Labute approximate surface area is 122 Å². The lowest BCUT2D eigenvalue weighted by molar-refractivity contribution is 0.917.